The van der Waals surface area contributed by atoms with Gasteiger partial charge in [0.1, 0.15) is 0 Å². The Bertz CT molecular complexity index is 24.1. The zero-order valence-electron chi connectivity index (χ0n) is 4.28. The predicted molar refractivity (Wildman–Crippen MR) is 29.1 cm³/mol. The number of rotatable bonds is 0. The van der Waals surface area contributed by atoms with Crippen molar-refractivity contribution in [2.45, 2.75) is 20.0 Å². The zero-order chi connectivity index (χ0) is 6.28. The van der Waals surface area contributed by atoms with Gasteiger partial charge >= 0.3 is 37.9 Å². The molecule has 0 aliphatic carbocycles. The van der Waals surface area contributed by atoms with Crippen LogP contribution >= 0.6 is 17.0 Å². The van der Waals surface area contributed by atoms with Crippen molar-refractivity contribution in [3.63, 3.8) is 0 Å². The summed E-state index contributed by atoms with van der Waals surface area (Å²) < 4.78 is 0. The van der Waals surface area contributed by atoms with Gasteiger partial charge in [-0.15, -0.1) is 0 Å². The minimum absolute atomic E-state index is 0.167. The van der Waals surface area contributed by atoms with Crippen LogP contribution in [-0.2, 0) is 20.8 Å². The summed E-state index contributed by atoms with van der Waals surface area (Å²) in [6, 6.07) is 0. The predicted octanol–water partition coefficient (Wildman–Crippen LogP) is 1.76. The van der Waals surface area contributed by atoms with Crippen LogP contribution in [0.1, 0.15) is 13.8 Å². The Morgan fingerprint density at radius 3 is 1.43 bits per heavy atom. The average Bonchev–Trinajstić information content (AvgIpc) is 1.33. The van der Waals surface area contributed by atoms with Crippen molar-refractivity contribution >= 4 is 17.0 Å². The van der Waals surface area contributed by atoms with Gasteiger partial charge in [-0.3, -0.25) is 0 Å². The van der Waals surface area contributed by atoms with E-state index in [1.54, 1.807) is 13.8 Å². The van der Waals surface area contributed by atoms with E-state index in [0.29, 0.717) is 0 Å². The summed E-state index contributed by atoms with van der Waals surface area (Å²) in [5.41, 5.74) is 0. The first-order valence-electron chi connectivity index (χ1n) is 1.79. The summed E-state index contributed by atoms with van der Waals surface area (Å²) >= 11 is -0.826. The number of aliphatic hydroxyl groups excluding tert-OH is 1. The van der Waals surface area contributed by atoms with Crippen LogP contribution in [-0.4, -0.2) is 11.2 Å². The van der Waals surface area contributed by atoms with E-state index in [9.17, 15) is 0 Å². The second-order valence-corrected chi connectivity index (χ2v) is 4.90. The normalized spacial score (nSPS) is 7.14. The summed E-state index contributed by atoms with van der Waals surface area (Å²) in [6.45, 7) is 3.44. The molecule has 0 fully saturated rings. The molecule has 0 aliphatic heterocycles. The molecule has 0 aromatic heterocycles. The molecule has 0 aromatic rings. The Labute approximate surface area is 62.7 Å². The Hall–Kier alpha value is 1.42. The number of hydrogen-bond donors (Lipinski definition) is 1. The van der Waals surface area contributed by atoms with Crippen molar-refractivity contribution < 1.29 is 26.0 Å². The van der Waals surface area contributed by atoms with Crippen LogP contribution in [0.25, 0.3) is 0 Å². The SMILES string of the molecule is CC(C)O.[Cl][Zr][Cl]. The van der Waals surface area contributed by atoms with E-state index in [2.05, 4.69) is 0 Å². The zero-order valence-corrected chi connectivity index (χ0v) is 8.25. The van der Waals surface area contributed by atoms with Gasteiger partial charge in [0, 0.05) is 6.10 Å². The van der Waals surface area contributed by atoms with Gasteiger partial charge < -0.3 is 5.11 Å². The van der Waals surface area contributed by atoms with Gasteiger partial charge in [0.15, 0.2) is 0 Å². The summed E-state index contributed by atoms with van der Waals surface area (Å²) in [6.07, 6.45) is -0.167. The molecule has 0 saturated heterocycles. The Kier molecular flexibility index (Phi) is 16.7. The van der Waals surface area contributed by atoms with Gasteiger partial charge in [0.2, 0.25) is 0 Å². The van der Waals surface area contributed by atoms with Gasteiger partial charge in [-0.25, -0.2) is 0 Å². The number of halogens is 2. The van der Waals surface area contributed by atoms with Gasteiger partial charge in [0.05, 0.1) is 0 Å². The van der Waals surface area contributed by atoms with Crippen molar-refractivity contribution in [3.8, 4) is 0 Å². The molecule has 1 N–H and O–H groups in total. The molecular weight excluding hydrogens is 214 g/mol. The van der Waals surface area contributed by atoms with Crippen molar-refractivity contribution in [1.82, 2.24) is 0 Å². The van der Waals surface area contributed by atoms with E-state index in [-0.39, 0.29) is 6.10 Å². The molecule has 0 saturated carbocycles. The molecule has 0 radical (unpaired) electrons. The van der Waals surface area contributed by atoms with E-state index >= 15 is 0 Å². The fraction of sp³-hybridized carbons (Fsp3) is 1.00. The van der Waals surface area contributed by atoms with Crippen LogP contribution in [0.5, 0.6) is 0 Å². The maximum atomic E-state index is 8.06. The van der Waals surface area contributed by atoms with E-state index in [1.807, 2.05) is 0 Å². The molecule has 0 amide bonds. The first-order valence-corrected chi connectivity index (χ1v) is 8.12. The van der Waals surface area contributed by atoms with Crippen molar-refractivity contribution in [2.75, 3.05) is 0 Å². The number of hydrogen-bond acceptors (Lipinski definition) is 1. The number of aliphatic hydroxyl groups is 1. The molecule has 0 rings (SSSR count). The van der Waals surface area contributed by atoms with Gasteiger partial charge in [-0.1, -0.05) is 0 Å². The minimum atomic E-state index is -0.826. The first-order chi connectivity index (χ1) is 3.15. The van der Waals surface area contributed by atoms with Crippen LogP contribution in [0, 0.1) is 0 Å². The molecule has 0 spiro atoms. The quantitative estimate of drug-likeness (QED) is 0.662. The van der Waals surface area contributed by atoms with Crippen molar-refractivity contribution in [2.24, 2.45) is 0 Å². The molecule has 0 aromatic carbocycles. The van der Waals surface area contributed by atoms with Gasteiger partial charge in [-0.2, -0.15) is 0 Å². The molecule has 0 heterocycles. The second kappa shape index (κ2) is 10.4. The summed E-state index contributed by atoms with van der Waals surface area (Å²) in [5, 5.41) is 8.06. The van der Waals surface area contributed by atoms with E-state index in [4.69, 9.17) is 22.1 Å². The second-order valence-electron chi connectivity index (χ2n) is 1.17. The summed E-state index contributed by atoms with van der Waals surface area (Å²) in [7, 11) is 9.87. The van der Waals surface area contributed by atoms with Crippen LogP contribution in [0.15, 0.2) is 0 Å². The monoisotopic (exact) mass is 220 g/mol. The van der Waals surface area contributed by atoms with Gasteiger partial charge in [-0.05, 0) is 13.8 Å². The molecule has 7 heavy (non-hydrogen) atoms. The summed E-state index contributed by atoms with van der Waals surface area (Å²) in [4.78, 5) is 0. The van der Waals surface area contributed by atoms with Crippen LogP contribution in [0.2, 0.25) is 0 Å². The Morgan fingerprint density at radius 1 is 1.43 bits per heavy atom. The van der Waals surface area contributed by atoms with Crippen LogP contribution in [0.4, 0.5) is 0 Å². The Morgan fingerprint density at radius 2 is 1.43 bits per heavy atom. The van der Waals surface area contributed by atoms with Crippen LogP contribution in [0.3, 0.4) is 0 Å². The van der Waals surface area contributed by atoms with E-state index < -0.39 is 20.8 Å². The molecule has 4 heteroatoms. The van der Waals surface area contributed by atoms with Crippen LogP contribution < -0.4 is 0 Å². The molecular formula is C3H8Cl2OZr. The fourth-order valence-electron chi connectivity index (χ4n) is 0. The molecule has 0 atom stereocenters. The molecule has 44 valence electrons. The molecule has 0 unspecified atom stereocenters. The standard InChI is InChI=1S/C3H8O.2ClH.Zr/c1-3(2)4;;;/h3-4H,1-2H3;2*1H;/q;;;+2/p-2. The topological polar surface area (TPSA) is 20.2 Å². The summed E-state index contributed by atoms with van der Waals surface area (Å²) in [5.74, 6) is 0. The third kappa shape index (κ3) is 108. The fourth-order valence-corrected chi connectivity index (χ4v) is 0. The van der Waals surface area contributed by atoms with Crippen molar-refractivity contribution in [3.05, 3.63) is 0 Å². The maximum absolute atomic E-state index is 8.06. The average molecular weight is 222 g/mol. The Balaban J connectivity index is 0. The van der Waals surface area contributed by atoms with Crippen molar-refractivity contribution in [1.29, 1.82) is 0 Å². The molecule has 0 aliphatic rings. The molecule has 1 nitrogen and oxygen atoms in total. The van der Waals surface area contributed by atoms with Gasteiger partial charge in [0.25, 0.3) is 0 Å². The third-order valence-electron chi connectivity index (χ3n) is 0. The third-order valence-corrected chi connectivity index (χ3v) is 0. The molecule has 0 bridgehead atoms. The first kappa shape index (κ1) is 11.3. The van der Waals surface area contributed by atoms with E-state index in [0.717, 1.165) is 0 Å². The van der Waals surface area contributed by atoms with E-state index in [1.165, 1.54) is 0 Å².